The maximum Gasteiger partial charge on any atom is 0.339 e. The minimum atomic E-state index is -3.91. The van der Waals surface area contributed by atoms with Gasteiger partial charge in [0.1, 0.15) is 10.6 Å². The molecule has 0 unspecified atom stereocenters. The molecule has 0 radical (unpaired) electrons. The maximum absolute atomic E-state index is 12.2. The average molecular weight is 375 g/mol. The Labute approximate surface area is 149 Å². The molecule has 0 spiro atoms. The average Bonchev–Trinajstić information content (AvgIpc) is 2.87. The zero-order chi connectivity index (χ0) is 18.0. The molecule has 1 fully saturated rings. The van der Waals surface area contributed by atoms with Crippen molar-refractivity contribution in [1.29, 1.82) is 0 Å². The summed E-state index contributed by atoms with van der Waals surface area (Å²) in [5.74, 6) is -0.292. The summed E-state index contributed by atoms with van der Waals surface area (Å²) in [5.41, 5.74) is 1.59. The highest BCUT2D eigenvalue weighted by Crippen LogP contribution is 2.26. The Bertz CT molecular complexity index is 961. The van der Waals surface area contributed by atoms with E-state index >= 15 is 0 Å². The van der Waals surface area contributed by atoms with Gasteiger partial charge in [-0.15, -0.1) is 0 Å². The molecule has 0 aromatic heterocycles. The summed E-state index contributed by atoms with van der Waals surface area (Å²) in [4.78, 5) is 23.0. The van der Waals surface area contributed by atoms with Crippen molar-refractivity contribution >= 4 is 39.1 Å². The van der Waals surface area contributed by atoms with Gasteiger partial charge >= 0.3 is 10.1 Å². The molecule has 1 heterocycles. The summed E-state index contributed by atoms with van der Waals surface area (Å²) in [6, 6.07) is 12.5. The number of benzene rings is 2. The van der Waals surface area contributed by atoms with Crippen molar-refractivity contribution in [2.75, 3.05) is 0 Å². The van der Waals surface area contributed by atoms with Crippen molar-refractivity contribution in [3.05, 3.63) is 64.6 Å². The van der Waals surface area contributed by atoms with Gasteiger partial charge in [0, 0.05) is 0 Å². The normalized spacial score (nSPS) is 16.1. The van der Waals surface area contributed by atoms with Gasteiger partial charge in [0.25, 0.3) is 11.1 Å². The first kappa shape index (κ1) is 17.2. The summed E-state index contributed by atoms with van der Waals surface area (Å²) >= 11 is 0.816. The van der Waals surface area contributed by atoms with Crippen LogP contribution in [0, 0.1) is 6.92 Å². The lowest BCUT2D eigenvalue weighted by atomic mass is 10.2. The second kappa shape index (κ2) is 6.73. The third-order valence-electron chi connectivity index (χ3n) is 3.34. The molecule has 3 rings (SSSR count). The van der Waals surface area contributed by atoms with E-state index in [0.29, 0.717) is 5.56 Å². The van der Waals surface area contributed by atoms with E-state index in [1.165, 1.54) is 24.3 Å². The monoisotopic (exact) mass is 375 g/mol. The number of carbonyl (C=O) groups is 2. The van der Waals surface area contributed by atoms with Crippen LogP contribution in [0.4, 0.5) is 4.79 Å². The molecule has 8 heteroatoms. The van der Waals surface area contributed by atoms with Crippen LogP contribution in [0.2, 0.25) is 0 Å². The van der Waals surface area contributed by atoms with Crippen molar-refractivity contribution < 1.29 is 22.2 Å². The molecule has 0 saturated carbocycles. The molecule has 2 amide bonds. The molecule has 2 aromatic carbocycles. The molecular formula is C17H13NO5S2. The molecule has 0 aliphatic carbocycles. The SMILES string of the molecule is Cc1ccc(S(=O)(=O)Oc2ccc(C=C3SC(=O)NC3=O)cc2)cc1. The minimum Gasteiger partial charge on any atom is -0.379 e. The van der Waals surface area contributed by atoms with Gasteiger partial charge in [0.05, 0.1) is 4.91 Å². The highest BCUT2D eigenvalue weighted by Gasteiger charge is 2.24. The van der Waals surface area contributed by atoms with Crippen LogP contribution in [0.15, 0.2) is 58.3 Å². The van der Waals surface area contributed by atoms with Crippen molar-refractivity contribution in [2.24, 2.45) is 0 Å². The lowest BCUT2D eigenvalue weighted by Gasteiger charge is -2.07. The second-order valence-electron chi connectivity index (χ2n) is 5.27. The zero-order valence-corrected chi connectivity index (χ0v) is 14.7. The van der Waals surface area contributed by atoms with Crippen LogP contribution < -0.4 is 9.50 Å². The molecule has 1 N–H and O–H groups in total. The predicted molar refractivity (Wildman–Crippen MR) is 94.5 cm³/mol. The maximum atomic E-state index is 12.2. The number of amides is 2. The van der Waals surface area contributed by atoms with Gasteiger partial charge in [-0.3, -0.25) is 14.9 Å². The number of nitrogens with one attached hydrogen (secondary N) is 1. The van der Waals surface area contributed by atoms with Gasteiger partial charge in [-0.25, -0.2) is 0 Å². The largest absolute Gasteiger partial charge is 0.379 e. The Balaban J connectivity index is 1.77. The predicted octanol–water partition coefficient (Wildman–Crippen LogP) is 3.09. The Hall–Kier alpha value is -2.58. The summed E-state index contributed by atoms with van der Waals surface area (Å²) in [7, 11) is -3.91. The highest BCUT2D eigenvalue weighted by atomic mass is 32.2. The second-order valence-corrected chi connectivity index (χ2v) is 7.83. The third kappa shape index (κ3) is 4.09. The number of carbonyl (C=O) groups excluding carboxylic acids is 2. The summed E-state index contributed by atoms with van der Waals surface area (Å²) in [6.07, 6.45) is 1.54. The Morgan fingerprint density at radius 1 is 1.00 bits per heavy atom. The number of thioether (sulfide) groups is 1. The Morgan fingerprint density at radius 3 is 2.20 bits per heavy atom. The van der Waals surface area contributed by atoms with E-state index in [9.17, 15) is 18.0 Å². The smallest absolute Gasteiger partial charge is 0.339 e. The van der Waals surface area contributed by atoms with Gasteiger partial charge in [-0.05, 0) is 54.6 Å². The summed E-state index contributed by atoms with van der Waals surface area (Å²) in [6.45, 7) is 1.86. The van der Waals surface area contributed by atoms with Crippen molar-refractivity contribution in [3.63, 3.8) is 0 Å². The summed E-state index contributed by atoms with van der Waals surface area (Å²) in [5, 5.41) is 1.75. The van der Waals surface area contributed by atoms with E-state index in [4.69, 9.17) is 4.18 Å². The van der Waals surface area contributed by atoms with E-state index in [1.807, 2.05) is 6.92 Å². The van der Waals surface area contributed by atoms with E-state index in [0.717, 1.165) is 17.3 Å². The first-order chi connectivity index (χ1) is 11.8. The van der Waals surface area contributed by atoms with E-state index in [1.54, 1.807) is 30.3 Å². The van der Waals surface area contributed by atoms with Crippen molar-refractivity contribution in [3.8, 4) is 5.75 Å². The topological polar surface area (TPSA) is 89.5 Å². The fraction of sp³-hybridized carbons (Fsp3) is 0.0588. The fourth-order valence-corrected chi connectivity index (χ4v) is 3.68. The van der Waals surface area contributed by atoms with Crippen LogP contribution in [0.3, 0.4) is 0 Å². The third-order valence-corrected chi connectivity index (χ3v) is 5.41. The molecule has 1 saturated heterocycles. The first-order valence-corrected chi connectivity index (χ1v) is 9.42. The lowest BCUT2D eigenvalue weighted by molar-refractivity contribution is -0.115. The van der Waals surface area contributed by atoms with Crippen LogP contribution >= 0.6 is 11.8 Å². The standard InChI is InChI=1S/C17H13NO5S2/c1-11-2-8-14(9-3-11)25(21,22)23-13-6-4-12(5-7-13)10-15-16(19)18-17(20)24-15/h2-10H,1H3,(H,18,19,20). The van der Waals surface area contributed by atoms with E-state index < -0.39 is 21.3 Å². The van der Waals surface area contributed by atoms with Crippen LogP contribution in [0.5, 0.6) is 5.75 Å². The number of hydrogen-bond donors (Lipinski definition) is 1. The van der Waals surface area contributed by atoms with E-state index in [2.05, 4.69) is 5.32 Å². The molecule has 2 aromatic rings. The molecule has 128 valence electrons. The van der Waals surface area contributed by atoms with Crippen LogP contribution in [-0.2, 0) is 14.9 Å². The molecular weight excluding hydrogens is 362 g/mol. The first-order valence-electron chi connectivity index (χ1n) is 7.19. The van der Waals surface area contributed by atoms with Crippen LogP contribution in [-0.4, -0.2) is 19.6 Å². The highest BCUT2D eigenvalue weighted by molar-refractivity contribution is 8.18. The van der Waals surface area contributed by atoms with Crippen molar-refractivity contribution in [1.82, 2.24) is 5.32 Å². The van der Waals surface area contributed by atoms with Gasteiger partial charge in [0.15, 0.2) is 0 Å². The van der Waals surface area contributed by atoms with Crippen molar-refractivity contribution in [2.45, 2.75) is 11.8 Å². The van der Waals surface area contributed by atoms with E-state index in [-0.39, 0.29) is 15.6 Å². The fourth-order valence-electron chi connectivity index (χ4n) is 2.07. The molecule has 0 bridgehead atoms. The number of hydrogen-bond acceptors (Lipinski definition) is 6. The molecule has 1 aliphatic rings. The van der Waals surface area contributed by atoms with Gasteiger partial charge < -0.3 is 4.18 Å². The Kier molecular flexibility index (Phi) is 4.65. The van der Waals surface area contributed by atoms with Crippen LogP contribution in [0.25, 0.3) is 6.08 Å². The number of imide groups is 1. The lowest BCUT2D eigenvalue weighted by Crippen LogP contribution is -2.17. The van der Waals surface area contributed by atoms with Gasteiger partial charge in [-0.1, -0.05) is 29.8 Å². The Morgan fingerprint density at radius 2 is 1.64 bits per heavy atom. The number of aryl methyl sites for hydroxylation is 1. The molecule has 0 atom stereocenters. The zero-order valence-electron chi connectivity index (χ0n) is 13.1. The summed E-state index contributed by atoms with van der Waals surface area (Å²) < 4.78 is 29.6. The quantitative estimate of drug-likeness (QED) is 0.652. The number of rotatable bonds is 4. The molecule has 1 aliphatic heterocycles. The van der Waals surface area contributed by atoms with Crippen LogP contribution in [0.1, 0.15) is 11.1 Å². The van der Waals surface area contributed by atoms with Gasteiger partial charge in [0.2, 0.25) is 0 Å². The minimum absolute atomic E-state index is 0.0711. The molecule has 6 nitrogen and oxygen atoms in total. The van der Waals surface area contributed by atoms with Gasteiger partial charge in [-0.2, -0.15) is 8.42 Å². The molecule has 25 heavy (non-hydrogen) atoms.